The number of nitrogens with one attached hydrogen (secondary N) is 2. The quantitative estimate of drug-likeness (QED) is 0.761. The summed E-state index contributed by atoms with van der Waals surface area (Å²) >= 11 is 11.8. The van der Waals surface area contributed by atoms with Crippen LogP contribution in [-0.4, -0.2) is 28.5 Å². The highest BCUT2D eigenvalue weighted by atomic mass is 35.5. The molecule has 2 N–H and O–H groups in total. The zero-order valence-electron chi connectivity index (χ0n) is 12.3. The maximum Gasteiger partial charge on any atom is 0.267 e. The van der Waals surface area contributed by atoms with Crippen molar-refractivity contribution in [3.63, 3.8) is 0 Å². The molecule has 5 nitrogen and oxygen atoms in total. The van der Waals surface area contributed by atoms with E-state index in [0.717, 1.165) is 25.1 Å². The molecule has 0 saturated heterocycles. The van der Waals surface area contributed by atoms with Crippen LogP contribution >= 0.6 is 23.2 Å². The van der Waals surface area contributed by atoms with E-state index in [1.54, 1.807) is 23.9 Å². The van der Waals surface area contributed by atoms with Crippen LogP contribution in [0, 0.1) is 0 Å². The van der Waals surface area contributed by atoms with Gasteiger partial charge in [-0.05, 0) is 30.7 Å². The van der Waals surface area contributed by atoms with Crippen LogP contribution in [0.4, 0.5) is 0 Å². The number of aromatic nitrogens is 2. The largest absolute Gasteiger partial charge is 0.351 e. The van der Waals surface area contributed by atoms with Crippen molar-refractivity contribution >= 4 is 29.1 Å². The third-order valence-electron chi connectivity index (χ3n) is 3.22. The van der Waals surface area contributed by atoms with Crippen molar-refractivity contribution in [3.8, 4) is 0 Å². The molecule has 1 amide bonds. The number of nitrogens with zero attached hydrogens (tertiary/aromatic N) is 2. The number of hydrogen-bond acceptors (Lipinski definition) is 3. The minimum atomic E-state index is -0.177. The van der Waals surface area contributed by atoms with Crippen LogP contribution in [0.2, 0.25) is 10.2 Å². The fourth-order valence-corrected chi connectivity index (χ4v) is 2.38. The number of amides is 1. The molecule has 2 heterocycles. The standard InChI is InChI=1S/C15H18Cl2N4O/c1-21-13(8-12(16)14(21)17)15(22)20-7-3-6-19-10-11-4-2-5-18-9-11/h2,4-5,8-9,19H,3,6-7,10H2,1H3,(H,20,22). The lowest BCUT2D eigenvalue weighted by atomic mass is 10.3. The normalized spacial score (nSPS) is 10.7. The summed E-state index contributed by atoms with van der Waals surface area (Å²) in [5.41, 5.74) is 1.60. The smallest absolute Gasteiger partial charge is 0.267 e. The summed E-state index contributed by atoms with van der Waals surface area (Å²) in [5, 5.41) is 6.90. The molecule has 118 valence electrons. The minimum Gasteiger partial charge on any atom is -0.351 e. The molecule has 0 radical (unpaired) electrons. The first-order valence-corrected chi connectivity index (χ1v) is 7.73. The summed E-state index contributed by atoms with van der Waals surface area (Å²) in [6, 6.07) is 5.50. The zero-order chi connectivity index (χ0) is 15.9. The lowest BCUT2D eigenvalue weighted by molar-refractivity contribution is 0.0945. The number of carbonyl (C=O) groups excluding carboxylic acids is 1. The van der Waals surface area contributed by atoms with Gasteiger partial charge in [0.2, 0.25) is 0 Å². The van der Waals surface area contributed by atoms with Gasteiger partial charge in [0.25, 0.3) is 5.91 Å². The Labute approximate surface area is 139 Å². The van der Waals surface area contributed by atoms with E-state index in [0.29, 0.717) is 22.4 Å². The first kappa shape index (κ1) is 16.8. The Morgan fingerprint density at radius 3 is 2.82 bits per heavy atom. The molecule has 0 unspecified atom stereocenters. The predicted molar refractivity (Wildman–Crippen MR) is 88.3 cm³/mol. The molecule has 2 aromatic heterocycles. The number of rotatable bonds is 7. The fraction of sp³-hybridized carbons (Fsp3) is 0.333. The van der Waals surface area contributed by atoms with Crippen molar-refractivity contribution in [3.05, 3.63) is 52.0 Å². The highest BCUT2D eigenvalue weighted by molar-refractivity contribution is 6.41. The minimum absolute atomic E-state index is 0.177. The van der Waals surface area contributed by atoms with Crippen molar-refractivity contribution < 1.29 is 4.79 Å². The van der Waals surface area contributed by atoms with Gasteiger partial charge in [-0.3, -0.25) is 9.78 Å². The average Bonchev–Trinajstić information content (AvgIpc) is 2.79. The van der Waals surface area contributed by atoms with Crippen LogP contribution < -0.4 is 10.6 Å². The van der Waals surface area contributed by atoms with Crippen LogP contribution in [-0.2, 0) is 13.6 Å². The molecule has 0 aliphatic carbocycles. The van der Waals surface area contributed by atoms with E-state index in [1.165, 1.54) is 0 Å². The third-order valence-corrected chi connectivity index (χ3v) is 4.06. The van der Waals surface area contributed by atoms with Gasteiger partial charge in [-0.2, -0.15) is 0 Å². The number of pyridine rings is 1. The van der Waals surface area contributed by atoms with Crippen molar-refractivity contribution in [1.29, 1.82) is 0 Å². The highest BCUT2D eigenvalue weighted by Crippen LogP contribution is 2.24. The van der Waals surface area contributed by atoms with Gasteiger partial charge in [-0.25, -0.2) is 0 Å². The Kier molecular flexibility index (Phi) is 6.24. The zero-order valence-corrected chi connectivity index (χ0v) is 13.8. The molecule has 0 saturated carbocycles. The first-order chi connectivity index (χ1) is 10.6. The lowest BCUT2D eigenvalue weighted by Gasteiger charge is -2.07. The van der Waals surface area contributed by atoms with E-state index in [2.05, 4.69) is 15.6 Å². The molecule has 2 aromatic rings. The van der Waals surface area contributed by atoms with Gasteiger partial charge in [0.15, 0.2) is 0 Å². The van der Waals surface area contributed by atoms with E-state index in [4.69, 9.17) is 23.2 Å². The Morgan fingerprint density at radius 1 is 1.36 bits per heavy atom. The lowest BCUT2D eigenvalue weighted by Crippen LogP contribution is -2.28. The van der Waals surface area contributed by atoms with Crippen LogP contribution in [0.25, 0.3) is 0 Å². The molecule has 0 spiro atoms. The van der Waals surface area contributed by atoms with E-state index in [-0.39, 0.29) is 5.91 Å². The molecule has 0 aliphatic rings. The molecule has 0 aliphatic heterocycles. The van der Waals surface area contributed by atoms with Gasteiger partial charge >= 0.3 is 0 Å². The summed E-state index contributed by atoms with van der Waals surface area (Å²) in [6.07, 6.45) is 4.41. The molecule has 0 atom stereocenters. The van der Waals surface area contributed by atoms with Crippen molar-refractivity contribution in [2.45, 2.75) is 13.0 Å². The Balaban J connectivity index is 1.66. The summed E-state index contributed by atoms with van der Waals surface area (Å²) < 4.78 is 1.57. The van der Waals surface area contributed by atoms with E-state index in [1.807, 2.05) is 18.3 Å². The van der Waals surface area contributed by atoms with Crippen molar-refractivity contribution in [2.24, 2.45) is 7.05 Å². The molecule has 0 aromatic carbocycles. The Morgan fingerprint density at radius 2 is 2.18 bits per heavy atom. The first-order valence-electron chi connectivity index (χ1n) is 6.98. The average molecular weight is 341 g/mol. The maximum atomic E-state index is 12.0. The SMILES string of the molecule is Cn1c(C(=O)NCCCNCc2cccnc2)cc(Cl)c1Cl. The molecular formula is C15H18Cl2N4O. The van der Waals surface area contributed by atoms with Crippen molar-refractivity contribution in [1.82, 2.24) is 20.2 Å². The summed E-state index contributed by atoms with van der Waals surface area (Å²) in [6.45, 7) is 2.16. The van der Waals surface area contributed by atoms with Gasteiger partial charge in [0.05, 0.1) is 5.02 Å². The topological polar surface area (TPSA) is 59.0 Å². The second kappa shape index (κ2) is 8.17. The highest BCUT2D eigenvalue weighted by Gasteiger charge is 2.14. The van der Waals surface area contributed by atoms with Gasteiger partial charge in [-0.1, -0.05) is 29.3 Å². The monoisotopic (exact) mass is 340 g/mol. The second-order valence-electron chi connectivity index (χ2n) is 4.87. The van der Waals surface area contributed by atoms with Crippen LogP contribution in [0.3, 0.4) is 0 Å². The number of carbonyl (C=O) groups is 1. The number of hydrogen-bond donors (Lipinski definition) is 2. The number of halogens is 2. The summed E-state index contributed by atoms with van der Waals surface area (Å²) in [4.78, 5) is 16.1. The summed E-state index contributed by atoms with van der Waals surface area (Å²) in [5.74, 6) is -0.177. The third kappa shape index (κ3) is 4.47. The van der Waals surface area contributed by atoms with E-state index in [9.17, 15) is 4.79 Å². The van der Waals surface area contributed by atoms with E-state index < -0.39 is 0 Å². The Hall–Kier alpha value is -1.56. The van der Waals surface area contributed by atoms with Crippen molar-refractivity contribution in [2.75, 3.05) is 13.1 Å². The maximum absolute atomic E-state index is 12.0. The molecule has 2 rings (SSSR count). The molecular weight excluding hydrogens is 323 g/mol. The van der Waals surface area contributed by atoms with Gasteiger partial charge in [0, 0.05) is 32.5 Å². The molecule has 0 bridgehead atoms. The molecule has 0 fully saturated rings. The van der Waals surface area contributed by atoms with Crippen LogP contribution in [0.5, 0.6) is 0 Å². The van der Waals surface area contributed by atoms with Crippen LogP contribution in [0.1, 0.15) is 22.5 Å². The van der Waals surface area contributed by atoms with Crippen LogP contribution in [0.15, 0.2) is 30.6 Å². The van der Waals surface area contributed by atoms with E-state index >= 15 is 0 Å². The van der Waals surface area contributed by atoms with Gasteiger partial charge < -0.3 is 15.2 Å². The second-order valence-corrected chi connectivity index (χ2v) is 5.64. The Bertz CT molecular complexity index is 628. The molecule has 22 heavy (non-hydrogen) atoms. The summed E-state index contributed by atoms with van der Waals surface area (Å²) in [7, 11) is 1.71. The van der Waals surface area contributed by atoms with Gasteiger partial charge in [-0.15, -0.1) is 0 Å². The predicted octanol–water partition coefficient (Wildman–Crippen LogP) is 2.64. The van der Waals surface area contributed by atoms with Gasteiger partial charge in [0.1, 0.15) is 10.8 Å². The molecule has 7 heteroatoms. The fourth-order valence-electron chi connectivity index (χ4n) is 2.00.